The highest BCUT2D eigenvalue weighted by molar-refractivity contribution is 7.22. The highest BCUT2D eigenvalue weighted by atomic mass is 32.1. The molecule has 170 valence electrons. The molecular formula is C24H23N3O5S. The number of esters is 1. The number of nitrogens with one attached hydrogen (secondary N) is 1. The Hall–Kier alpha value is -3.72. The number of hydrogen-bond acceptors (Lipinski definition) is 7. The van der Waals surface area contributed by atoms with Gasteiger partial charge < -0.3 is 14.5 Å². The number of carbonyl (C=O) groups excluding carboxylic acids is 2. The van der Waals surface area contributed by atoms with Gasteiger partial charge in [-0.15, -0.1) is 11.3 Å². The molecule has 3 heterocycles. The molecule has 0 aliphatic carbocycles. The number of aryl methyl sites for hydroxylation is 1. The van der Waals surface area contributed by atoms with Crippen LogP contribution < -0.4 is 10.3 Å². The van der Waals surface area contributed by atoms with Gasteiger partial charge in [-0.1, -0.05) is 0 Å². The standard InChI is InChI=1S/C24H23N3O5S/c1-5-32-24(30)21-13(2)20(14(3)26-21)18(28)11-27-12-25-17-10-19(33-22(17)23(27)29)15-6-8-16(31-4)9-7-15/h6-10,12,26H,5,11H2,1-4H3. The maximum atomic E-state index is 13.1. The lowest BCUT2D eigenvalue weighted by molar-refractivity contribution is 0.0519. The van der Waals surface area contributed by atoms with Crippen molar-refractivity contribution >= 4 is 33.3 Å². The normalized spacial score (nSPS) is 11.0. The first-order chi connectivity index (χ1) is 15.8. The fraction of sp³-hybridized carbons (Fsp3) is 0.250. The summed E-state index contributed by atoms with van der Waals surface area (Å²) in [7, 11) is 1.61. The summed E-state index contributed by atoms with van der Waals surface area (Å²) in [5.74, 6) is -0.0469. The zero-order chi connectivity index (χ0) is 23.7. The van der Waals surface area contributed by atoms with Gasteiger partial charge in [0.1, 0.15) is 16.1 Å². The maximum Gasteiger partial charge on any atom is 0.355 e. The van der Waals surface area contributed by atoms with E-state index in [0.29, 0.717) is 27.0 Å². The van der Waals surface area contributed by atoms with Gasteiger partial charge in [-0.05, 0) is 62.2 Å². The Morgan fingerprint density at radius 2 is 1.91 bits per heavy atom. The molecule has 4 aromatic rings. The quantitative estimate of drug-likeness (QED) is 0.325. The molecule has 0 atom stereocenters. The number of thiophene rings is 1. The van der Waals surface area contributed by atoms with Gasteiger partial charge in [-0.3, -0.25) is 14.2 Å². The molecule has 0 unspecified atom stereocenters. The largest absolute Gasteiger partial charge is 0.497 e. The Bertz CT molecular complexity index is 1410. The fourth-order valence-corrected chi connectivity index (χ4v) is 4.83. The van der Waals surface area contributed by atoms with Crippen molar-refractivity contribution in [2.45, 2.75) is 27.3 Å². The number of rotatable bonds is 7. The van der Waals surface area contributed by atoms with Crippen LogP contribution in [0.1, 0.15) is 39.0 Å². The van der Waals surface area contributed by atoms with Crippen molar-refractivity contribution in [2.75, 3.05) is 13.7 Å². The molecule has 0 spiro atoms. The predicted molar refractivity (Wildman–Crippen MR) is 126 cm³/mol. The van der Waals surface area contributed by atoms with E-state index in [0.717, 1.165) is 16.2 Å². The lowest BCUT2D eigenvalue weighted by atomic mass is 10.1. The number of aromatic amines is 1. The number of Topliss-reactive ketones (excluding diaryl/α,β-unsaturated/α-hetero) is 1. The van der Waals surface area contributed by atoms with E-state index < -0.39 is 5.97 Å². The Morgan fingerprint density at radius 1 is 1.18 bits per heavy atom. The Labute approximate surface area is 193 Å². The van der Waals surface area contributed by atoms with Crippen molar-refractivity contribution in [1.82, 2.24) is 14.5 Å². The van der Waals surface area contributed by atoms with Crippen molar-refractivity contribution in [3.63, 3.8) is 0 Å². The van der Waals surface area contributed by atoms with Crippen LogP contribution >= 0.6 is 11.3 Å². The van der Waals surface area contributed by atoms with Crippen LogP contribution in [0, 0.1) is 13.8 Å². The van der Waals surface area contributed by atoms with Gasteiger partial charge >= 0.3 is 5.97 Å². The number of H-pyrrole nitrogens is 1. The van der Waals surface area contributed by atoms with Crippen molar-refractivity contribution in [1.29, 1.82) is 0 Å². The van der Waals surface area contributed by atoms with Gasteiger partial charge in [0, 0.05) is 16.1 Å². The molecule has 4 rings (SSSR count). The lowest BCUT2D eigenvalue weighted by Crippen LogP contribution is -2.24. The number of ether oxygens (including phenoxy) is 2. The third kappa shape index (κ3) is 4.19. The molecule has 0 bridgehead atoms. The molecule has 1 N–H and O–H groups in total. The average Bonchev–Trinajstić information content (AvgIpc) is 3.37. The Kier molecular flexibility index (Phi) is 6.15. The molecule has 8 nitrogen and oxygen atoms in total. The van der Waals surface area contributed by atoms with Gasteiger partial charge in [0.25, 0.3) is 5.56 Å². The van der Waals surface area contributed by atoms with Crippen LogP contribution in [0.25, 0.3) is 20.7 Å². The third-order valence-electron chi connectivity index (χ3n) is 5.39. The second-order valence-electron chi connectivity index (χ2n) is 7.50. The van der Waals surface area contributed by atoms with Crippen LogP contribution in [0.5, 0.6) is 5.75 Å². The molecule has 9 heteroatoms. The van der Waals surface area contributed by atoms with Crippen LogP contribution in [0.3, 0.4) is 0 Å². The van der Waals surface area contributed by atoms with E-state index in [1.54, 1.807) is 27.9 Å². The zero-order valence-corrected chi connectivity index (χ0v) is 19.5. The molecule has 0 aliphatic heterocycles. The highest BCUT2D eigenvalue weighted by Crippen LogP contribution is 2.31. The molecular weight excluding hydrogens is 442 g/mol. The summed E-state index contributed by atoms with van der Waals surface area (Å²) in [5, 5.41) is 0. The SMILES string of the molecule is CCOC(=O)c1[nH]c(C)c(C(=O)Cn2cnc3cc(-c4ccc(OC)cc4)sc3c2=O)c1C. The van der Waals surface area contributed by atoms with Crippen molar-refractivity contribution in [3.05, 3.63) is 69.5 Å². The van der Waals surface area contributed by atoms with Gasteiger partial charge in [-0.2, -0.15) is 0 Å². The number of methoxy groups -OCH3 is 1. The van der Waals surface area contributed by atoms with Crippen molar-refractivity contribution in [2.24, 2.45) is 0 Å². The summed E-state index contributed by atoms with van der Waals surface area (Å²) in [6, 6.07) is 9.42. The molecule has 0 radical (unpaired) electrons. The van der Waals surface area contributed by atoms with Crippen LogP contribution in [0.4, 0.5) is 0 Å². The van der Waals surface area contributed by atoms with Crippen LogP contribution in [-0.2, 0) is 11.3 Å². The first kappa shape index (κ1) is 22.5. The van der Waals surface area contributed by atoms with E-state index in [1.807, 2.05) is 30.3 Å². The van der Waals surface area contributed by atoms with Gasteiger partial charge in [-0.25, -0.2) is 9.78 Å². The summed E-state index contributed by atoms with van der Waals surface area (Å²) in [6.45, 7) is 5.18. The second-order valence-corrected chi connectivity index (χ2v) is 8.55. The van der Waals surface area contributed by atoms with Gasteiger partial charge in [0.2, 0.25) is 0 Å². The molecule has 0 fully saturated rings. The number of hydrogen-bond donors (Lipinski definition) is 1. The molecule has 0 aliphatic rings. The van der Waals surface area contributed by atoms with Crippen LogP contribution in [0.2, 0.25) is 0 Å². The maximum absolute atomic E-state index is 13.1. The summed E-state index contributed by atoms with van der Waals surface area (Å²) >= 11 is 1.33. The molecule has 0 saturated carbocycles. The van der Waals surface area contributed by atoms with Gasteiger partial charge in [0.15, 0.2) is 5.78 Å². The number of benzene rings is 1. The number of ketones is 1. The molecule has 0 amide bonds. The number of carbonyl (C=O) groups is 2. The highest BCUT2D eigenvalue weighted by Gasteiger charge is 2.23. The van der Waals surface area contributed by atoms with Crippen LogP contribution in [0.15, 0.2) is 41.5 Å². The summed E-state index contributed by atoms with van der Waals surface area (Å²) < 4.78 is 12.0. The molecule has 3 aromatic heterocycles. The first-order valence-electron chi connectivity index (χ1n) is 10.4. The topological polar surface area (TPSA) is 103 Å². The lowest BCUT2D eigenvalue weighted by Gasteiger charge is -2.06. The van der Waals surface area contributed by atoms with E-state index >= 15 is 0 Å². The van der Waals surface area contributed by atoms with E-state index in [2.05, 4.69) is 9.97 Å². The van der Waals surface area contributed by atoms with E-state index in [-0.39, 0.29) is 30.2 Å². The minimum atomic E-state index is -0.512. The smallest absolute Gasteiger partial charge is 0.355 e. The minimum Gasteiger partial charge on any atom is -0.497 e. The average molecular weight is 466 g/mol. The number of fused-ring (bicyclic) bond motifs is 1. The third-order valence-corrected chi connectivity index (χ3v) is 6.55. The summed E-state index contributed by atoms with van der Waals surface area (Å²) in [6.07, 6.45) is 1.39. The second kappa shape index (κ2) is 9.03. The Morgan fingerprint density at radius 3 is 2.58 bits per heavy atom. The first-order valence-corrected chi connectivity index (χ1v) is 11.2. The van der Waals surface area contributed by atoms with E-state index in [9.17, 15) is 14.4 Å². The number of aromatic nitrogens is 3. The summed E-state index contributed by atoms with van der Waals surface area (Å²) in [5.41, 5.74) is 2.95. The monoisotopic (exact) mass is 465 g/mol. The Balaban J connectivity index is 1.64. The van der Waals surface area contributed by atoms with Gasteiger partial charge in [0.05, 0.1) is 32.1 Å². The number of nitrogens with zero attached hydrogens (tertiary/aromatic N) is 2. The fourth-order valence-electron chi connectivity index (χ4n) is 3.76. The van der Waals surface area contributed by atoms with E-state index in [4.69, 9.17) is 9.47 Å². The molecule has 0 saturated heterocycles. The molecule has 1 aromatic carbocycles. The van der Waals surface area contributed by atoms with Crippen molar-refractivity contribution < 1.29 is 19.1 Å². The van der Waals surface area contributed by atoms with Crippen molar-refractivity contribution in [3.8, 4) is 16.2 Å². The zero-order valence-electron chi connectivity index (χ0n) is 18.7. The molecule has 33 heavy (non-hydrogen) atoms. The predicted octanol–water partition coefficient (Wildman–Crippen LogP) is 4.14. The van der Waals surface area contributed by atoms with Crippen LogP contribution in [-0.4, -0.2) is 40.0 Å². The van der Waals surface area contributed by atoms with E-state index in [1.165, 1.54) is 22.2 Å². The minimum absolute atomic E-state index is 0.181. The summed E-state index contributed by atoms with van der Waals surface area (Å²) in [4.78, 5) is 46.5.